The molecule has 31 heavy (non-hydrogen) atoms. The van der Waals surface area contributed by atoms with E-state index >= 15 is 0 Å². The molecule has 1 heterocycles. The smallest absolute Gasteiger partial charge is 0.242 e. The van der Waals surface area contributed by atoms with Gasteiger partial charge in [-0.3, -0.25) is 9.59 Å². The Kier molecular flexibility index (Phi) is 7.58. The van der Waals surface area contributed by atoms with E-state index in [9.17, 15) is 9.59 Å². The maximum atomic E-state index is 13.3. The van der Waals surface area contributed by atoms with Crippen LogP contribution in [0, 0.1) is 17.8 Å². The Labute approximate surface area is 187 Å². The summed E-state index contributed by atoms with van der Waals surface area (Å²) in [6.45, 7) is 10.5. The molecule has 0 saturated heterocycles. The lowest BCUT2D eigenvalue weighted by molar-refractivity contribution is -0.142. The van der Waals surface area contributed by atoms with Gasteiger partial charge in [0.05, 0.1) is 13.1 Å². The molecule has 3 rings (SSSR count). The topological polar surface area (TPSA) is 45.6 Å². The molecular weight excluding hydrogens is 386 g/mol. The van der Waals surface area contributed by atoms with Crippen molar-refractivity contribution in [2.24, 2.45) is 24.8 Å². The van der Waals surface area contributed by atoms with Gasteiger partial charge in [0.25, 0.3) is 0 Å². The van der Waals surface area contributed by atoms with Crippen LogP contribution in [-0.4, -0.2) is 45.8 Å². The first-order valence-electron chi connectivity index (χ1n) is 11.5. The van der Waals surface area contributed by atoms with Crippen LogP contribution < -0.4 is 0 Å². The summed E-state index contributed by atoms with van der Waals surface area (Å²) in [6, 6.07) is 14.3. The number of rotatable bonds is 10. The van der Waals surface area contributed by atoms with E-state index in [1.165, 1.54) is 5.56 Å². The quantitative estimate of drug-likeness (QED) is 0.572. The van der Waals surface area contributed by atoms with Gasteiger partial charge in [-0.15, -0.1) is 0 Å². The Morgan fingerprint density at radius 3 is 2.19 bits per heavy atom. The fourth-order valence-electron chi connectivity index (χ4n) is 4.26. The summed E-state index contributed by atoms with van der Waals surface area (Å²) in [4.78, 5) is 30.4. The van der Waals surface area contributed by atoms with E-state index in [1.54, 1.807) is 4.90 Å². The van der Waals surface area contributed by atoms with Crippen LogP contribution >= 0.6 is 0 Å². The minimum Gasteiger partial charge on any atom is -0.353 e. The normalized spacial score (nSPS) is 17.8. The summed E-state index contributed by atoms with van der Waals surface area (Å²) in [5, 5.41) is 0. The van der Waals surface area contributed by atoms with E-state index < -0.39 is 0 Å². The highest BCUT2D eigenvalue weighted by Crippen LogP contribution is 2.48. The SMILES string of the molecule is CC(C)CN(Cc1cccn1C)C(=O)CN(CC(C)C)C(=O)C1CC1c1ccccc1. The van der Waals surface area contributed by atoms with Crippen molar-refractivity contribution < 1.29 is 9.59 Å². The summed E-state index contributed by atoms with van der Waals surface area (Å²) in [5.41, 5.74) is 2.32. The van der Waals surface area contributed by atoms with Crippen LogP contribution in [-0.2, 0) is 23.2 Å². The van der Waals surface area contributed by atoms with Gasteiger partial charge in [-0.1, -0.05) is 58.0 Å². The molecule has 2 atom stereocenters. The average Bonchev–Trinajstić information content (AvgIpc) is 3.42. The zero-order chi connectivity index (χ0) is 22.5. The number of benzene rings is 1. The molecule has 5 nitrogen and oxygen atoms in total. The second-order valence-electron chi connectivity index (χ2n) is 9.75. The van der Waals surface area contributed by atoms with Crippen molar-refractivity contribution in [1.29, 1.82) is 0 Å². The Balaban J connectivity index is 1.70. The highest BCUT2D eigenvalue weighted by Gasteiger charge is 2.46. The molecule has 5 heteroatoms. The van der Waals surface area contributed by atoms with E-state index in [0.29, 0.717) is 31.5 Å². The third kappa shape index (κ3) is 6.22. The van der Waals surface area contributed by atoms with E-state index in [1.807, 2.05) is 53.0 Å². The number of hydrogen-bond donors (Lipinski definition) is 0. The predicted molar refractivity (Wildman–Crippen MR) is 124 cm³/mol. The maximum absolute atomic E-state index is 13.3. The number of hydrogen-bond acceptors (Lipinski definition) is 2. The molecule has 2 amide bonds. The average molecular weight is 424 g/mol. The van der Waals surface area contributed by atoms with Crippen molar-refractivity contribution in [1.82, 2.24) is 14.4 Å². The fourth-order valence-corrected chi connectivity index (χ4v) is 4.26. The zero-order valence-electron chi connectivity index (χ0n) is 19.6. The van der Waals surface area contributed by atoms with Crippen LogP contribution in [0.1, 0.15) is 51.3 Å². The van der Waals surface area contributed by atoms with Crippen molar-refractivity contribution in [3.05, 3.63) is 59.9 Å². The van der Waals surface area contributed by atoms with Gasteiger partial charge >= 0.3 is 0 Å². The van der Waals surface area contributed by atoms with Crippen molar-refractivity contribution in [2.75, 3.05) is 19.6 Å². The van der Waals surface area contributed by atoms with E-state index in [2.05, 4.69) is 39.8 Å². The fraction of sp³-hybridized carbons (Fsp3) is 0.538. The van der Waals surface area contributed by atoms with Crippen LogP contribution in [0.3, 0.4) is 0 Å². The first kappa shape index (κ1) is 23.1. The number of carbonyl (C=O) groups excluding carboxylic acids is 2. The standard InChI is InChI=1S/C26H37N3O2/c1-19(2)15-28(17-22-12-9-13-27(22)5)25(30)18-29(16-20(3)4)26(31)24-14-23(24)21-10-7-6-8-11-21/h6-13,19-20,23-24H,14-18H2,1-5H3. The molecule has 2 unspecified atom stereocenters. The van der Waals surface area contributed by atoms with Gasteiger partial charge in [0.1, 0.15) is 0 Å². The van der Waals surface area contributed by atoms with Gasteiger partial charge in [-0.25, -0.2) is 0 Å². The van der Waals surface area contributed by atoms with E-state index in [-0.39, 0.29) is 30.2 Å². The summed E-state index contributed by atoms with van der Waals surface area (Å²) in [7, 11) is 2.00. The summed E-state index contributed by atoms with van der Waals surface area (Å²) < 4.78 is 2.05. The molecule has 168 valence electrons. The highest BCUT2D eigenvalue weighted by molar-refractivity contribution is 5.88. The highest BCUT2D eigenvalue weighted by atomic mass is 16.2. The zero-order valence-corrected chi connectivity index (χ0v) is 19.6. The maximum Gasteiger partial charge on any atom is 0.242 e. The van der Waals surface area contributed by atoms with Crippen LogP contribution in [0.2, 0.25) is 0 Å². The minimum absolute atomic E-state index is 0.000345. The summed E-state index contributed by atoms with van der Waals surface area (Å²) in [6.07, 6.45) is 2.88. The number of nitrogens with zero attached hydrogens (tertiary/aromatic N) is 3. The van der Waals surface area contributed by atoms with Gasteiger partial charge in [0.15, 0.2) is 0 Å². The van der Waals surface area contributed by atoms with Crippen molar-refractivity contribution >= 4 is 11.8 Å². The number of carbonyl (C=O) groups is 2. The second-order valence-corrected chi connectivity index (χ2v) is 9.75. The summed E-state index contributed by atoms with van der Waals surface area (Å²) >= 11 is 0. The number of aryl methyl sites for hydroxylation is 1. The third-order valence-corrected chi connectivity index (χ3v) is 5.90. The molecular formula is C26H37N3O2. The molecule has 0 spiro atoms. The summed E-state index contributed by atoms with van der Waals surface area (Å²) in [5.74, 6) is 1.12. The van der Waals surface area contributed by atoms with Crippen molar-refractivity contribution in [3.63, 3.8) is 0 Å². The Bertz CT molecular complexity index is 872. The van der Waals surface area contributed by atoms with Crippen molar-refractivity contribution in [3.8, 4) is 0 Å². The molecule has 1 aromatic carbocycles. The number of aromatic nitrogens is 1. The Morgan fingerprint density at radius 2 is 1.61 bits per heavy atom. The van der Waals surface area contributed by atoms with Crippen LogP contribution in [0.15, 0.2) is 48.7 Å². The van der Waals surface area contributed by atoms with E-state index in [4.69, 9.17) is 0 Å². The molecule has 1 aliphatic carbocycles. The molecule has 1 aromatic heterocycles. The molecule has 1 saturated carbocycles. The Morgan fingerprint density at radius 1 is 0.968 bits per heavy atom. The molecule has 0 bridgehead atoms. The van der Waals surface area contributed by atoms with Gasteiger partial charge in [0, 0.05) is 37.9 Å². The van der Waals surface area contributed by atoms with Gasteiger partial charge < -0.3 is 14.4 Å². The molecule has 0 aliphatic heterocycles. The molecule has 1 aliphatic rings. The molecule has 1 fully saturated rings. The lowest BCUT2D eigenvalue weighted by Crippen LogP contribution is -2.45. The molecule has 0 radical (unpaired) electrons. The second kappa shape index (κ2) is 10.2. The van der Waals surface area contributed by atoms with Gasteiger partial charge in [0.2, 0.25) is 11.8 Å². The first-order valence-corrected chi connectivity index (χ1v) is 11.5. The van der Waals surface area contributed by atoms with Crippen molar-refractivity contribution in [2.45, 2.75) is 46.6 Å². The van der Waals surface area contributed by atoms with Crippen LogP contribution in [0.5, 0.6) is 0 Å². The lowest BCUT2D eigenvalue weighted by Gasteiger charge is -2.30. The molecule has 2 aromatic rings. The first-order chi connectivity index (χ1) is 14.8. The molecule has 0 N–H and O–H groups in total. The third-order valence-electron chi connectivity index (χ3n) is 5.90. The number of amides is 2. The van der Waals surface area contributed by atoms with Gasteiger partial charge in [-0.05, 0) is 41.9 Å². The Hall–Kier alpha value is -2.56. The minimum atomic E-state index is 0.000345. The lowest BCUT2D eigenvalue weighted by atomic mass is 10.1. The van der Waals surface area contributed by atoms with Gasteiger partial charge in [-0.2, -0.15) is 0 Å². The predicted octanol–water partition coefficient (Wildman–Crippen LogP) is 4.30. The monoisotopic (exact) mass is 423 g/mol. The van der Waals surface area contributed by atoms with Crippen LogP contribution in [0.25, 0.3) is 0 Å². The van der Waals surface area contributed by atoms with E-state index in [0.717, 1.165) is 12.1 Å². The largest absolute Gasteiger partial charge is 0.353 e. The van der Waals surface area contributed by atoms with Crippen LogP contribution in [0.4, 0.5) is 0 Å².